The van der Waals surface area contributed by atoms with Gasteiger partial charge in [-0.2, -0.15) is 0 Å². The second-order valence-electron chi connectivity index (χ2n) is 13.4. The van der Waals surface area contributed by atoms with Crippen LogP contribution in [0.2, 0.25) is 0 Å². The molecule has 262 valence electrons. The average molecular weight is 681 g/mol. The van der Waals surface area contributed by atoms with Crippen molar-refractivity contribution in [1.29, 1.82) is 0 Å². The Hall–Kier alpha value is -4.76. The van der Waals surface area contributed by atoms with E-state index in [0.29, 0.717) is 42.3 Å². The predicted molar refractivity (Wildman–Crippen MR) is 189 cm³/mol. The highest BCUT2D eigenvalue weighted by Crippen LogP contribution is 2.59. The first-order valence-electron chi connectivity index (χ1n) is 17.7. The van der Waals surface area contributed by atoms with E-state index in [1.807, 2.05) is 36.4 Å². The van der Waals surface area contributed by atoms with Crippen LogP contribution in [0.1, 0.15) is 79.3 Å². The van der Waals surface area contributed by atoms with E-state index in [2.05, 4.69) is 23.5 Å². The molecular weight excluding hydrogens is 635 g/mol. The van der Waals surface area contributed by atoms with E-state index in [9.17, 15) is 18.8 Å². The lowest BCUT2D eigenvalue weighted by Gasteiger charge is -2.26. The molecule has 9 heteroatoms. The summed E-state index contributed by atoms with van der Waals surface area (Å²) in [5.74, 6) is -0.565. The summed E-state index contributed by atoms with van der Waals surface area (Å²) in [6.07, 6.45) is 16.7. The summed E-state index contributed by atoms with van der Waals surface area (Å²) in [6, 6.07) is 19.4. The van der Waals surface area contributed by atoms with Crippen LogP contribution in [-0.4, -0.2) is 54.5 Å². The van der Waals surface area contributed by atoms with Crippen LogP contribution in [-0.2, 0) is 25.7 Å². The molecule has 50 heavy (non-hydrogen) atoms. The van der Waals surface area contributed by atoms with Gasteiger partial charge in [0.05, 0.1) is 13.2 Å². The monoisotopic (exact) mass is 680 g/mol. The van der Waals surface area contributed by atoms with Crippen LogP contribution in [0.25, 0.3) is 6.08 Å². The molecule has 0 aromatic heterocycles. The highest BCUT2D eigenvalue weighted by atomic mass is 19.1. The number of nitrogens with one attached hydrogen (secondary N) is 1. The zero-order valence-corrected chi connectivity index (χ0v) is 28.4. The predicted octanol–water partition coefficient (Wildman–Crippen LogP) is 7.78. The van der Waals surface area contributed by atoms with Crippen LogP contribution in [0, 0.1) is 11.2 Å². The van der Waals surface area contributed by atoms with E-state index in [0.717, 1.165) is 56.9 Å². The molecule has 3 aromatic rings. The fraction of sp³-hybridized carbons (Fsp3) is 0.390. The van der Waals surface area contributed by atoms with Gasteiger partial charge in [0.2, 0.25) is 5.91 Å². The van der Waals surface area contributed by atoms with E-state index in [-0.39, 0.29) is 36.3 Å². The number of piperidine rings is 1. The van der Waals surface area contributed by atoms with E-state index < -0.39 is 17.9 Å². The van der Waals surface area contributed by atoms with Crippen LogP contribution >= 0.6 is 0 Å². The highest BCUT2D eigenvalue weighted by molar-refractivity contribution is 5.98. The van der Waals surface area contributed by atoms with Crippen molar-refractivity contribution in [3.05, 3.63) is 114 Å². The minimum absolute atomic E-state index is 0.119. The van der Waals surface area contributed by atoms with Crippen LogP contribution < -0.4 is 10.1 Å². The Morgan fingerprint density at radius 2 is 1.66 bits per heavy atom. The number of ether oxygens (including phenoxy) is 3. The SMILES string of the molecule is O=C1NCC(=O)N2[C@H]3C[C@@]3(COCCC/C=C/CCCCC/C=C\c3cc1ccc3Oc1ccc(F)cc1)C[C@H]2C(=O)OCc1ccccc1. The van der Waals surface area contributed by atoms with Crippen LogP contribution in [0.5, 0.6) is 11.5 Å². The Balaban J connectivity index is 1.18. The third-order valence-corrected chi connectivity index (χ3v) is 9.67. The van der Waals surface area contributed by atoms with Crippen molar-refractivity contribution in [3.8, 4) is 11.5 Å². The molecule has 1 N–H and O–H groups in total. The van der Waals surface area contributed by atoms with Gasteiger partial charge in [-0.05, 0) is 99.4 Å². The highest BCUT2D eigenvalue weighted by Gasteiger charge is 2.67. The topological polar surface area (TPSA) is 94.2 Å². The fourth-order valence-corrected chi connectivity index (χ4v) is 6.84. The summed E-state index contributed by atoms with van der Waals surface area (Å²) in [4.78, 5) is 42.2. The average Bonchev–Trinajstić information content (AvgIpc) is 3.73. The number of nitrogens with zero attached hydrogens (tertiary/aromatic N) is 1. The molecule has 4 bridgehead atoms. The van der Waals surface area contributed by atoms with Gasteiger partial charge in [-0.3, -0.25) is 9.59 Å². The summed E-state index contributed by atoms with van der Waals surface area (Å²) >= 11 is 0. The van der Waals surface area contributed by atoms with Gasteiger partial charge in [-0.15, -0.1) is 0 Å². The second kappa shape index (κ2) is 16.8. The fourth-order valence-electron chi connectivity index (χ4n) is 6.84. The van der Waals surface area contributed by atoms with Crippen molar-refractivity contribution in [2.24, 2.45) is 5.41 Å². The normalized spacial score (nSPS) is 24.6. The van der Waals surface area contributed by atoms with Crippen molar-refractivity contribution in [2.75, 3.05) is 19.8 Å². The first-order chi connectivity index (χ1) is 24.4. The Morgan fingerprint density at radius 1 is 0.900 bits per heavy atom. The summed E-state index contributed by atoms with van der Waals surface area (Å²) in [5.41, 5.74) is 1.63. The summed E-state index contributed by atoms with van der Waals surface area (Å²) < 4.78 is 31.4. The molecule has 0 unspecified atom stereocenters. The molecular formula is C41H45FN2O6. The molecule has 2 heterocycles. The lowest BCUT2D eigenvalue weighted by molar-refractivity contribution is -0.155. The molecule has 3 aliphatic rings. The van der Waals surface area contributed by atoms with Gasteiger partial charge >= 0.3 is 5.97 Å². The molecule has 1 aliphatic carbocycles. The van der Waals surface area contributed by atoms with Crippen molar-refractivity contribution < 1.29 is 33.0 Å². The lowest BCUT2D eigenvalue weighted by atomic mass is 10.0. The minimum atomic E-state index is -0.748. The third kappa shape index (κ3) is 9.07. The number of rotatable bonds is 5. The van der Waals surface area contributed by atoms with Gasteiger partial charge < -0.3 is 24.4 Å². The van der Waals surface area contributed by atoms with Crippen molar-refractivity contribution >= 4 is 23.9 Å². The van der Waals surface area contributed by atoms with Crippen LogP contribution in [0.3, 0.4) is 0 Å². The minimum Gasteiger partial charge on any atom is -0.459 e. The quantitative estimate of drug-likeness (QED) is 0.219. The molecule has 6 rings (SSSR count). The largest absolute Gasteiger partial charge is 0.459 e. The standard InChI is InChI=1S/C41H45FN2O6/c42-33-18-20-34(21-19-33)50-36-22-17-32-24-31(36)16-12-7-5-3-1-2-4-6-8-13-23-48-29-41-25-35(40(47)49-28-30-14-10-9-11-15-30)44(37(41)26-41)38(45)27-43-39(32)46/h4,6,9-12,14-22,24,35,37H,1-3,5,7-8,13,23,25-29H2,(H,43,46)/b6-4+,16-12-/t35-,37-,41+/m0/s1. The number of hydrogen-bond acceptors (Lipinski definition) is 6. The Labute approximate surface area is 293 Å². The molecule has 2 aliphatic heterocycles. The summed E-state index contributed by atoms with van der Waals surface area (Å²) in [6.45, 7) is 0.949. The maximum Gasteiger partial charge on any atom is 0.329 e. The number of amides is 2. The van der Waals surface area contributed by atoms with Crippen LogP contribution in [0.15, 0.2) is 91.0 Å². The molecule has 0 radical (unpaired) electrons. The molecule has 8 nitrogen and oxygen atoms in total. The number of halogens is 1. The smallest absolute Gasteiger partial charge is 0.329 e. The van der Waals surface area contributed by atoms with E-state index in [4.69, 9.17) is 14.2 Å². The van der Waals surface area contributed by atoms with Crippen molar-refractivity contribution in [2.45, 2.75) is 76.5 Å². The second-order valence-corrected chi connectivity index (χ2v) is 13.4. The Kier molecular flexibility index (Phi) is 11.8. The number of esters is 1. The molecule has 2 fully saturated rings. The Bertz CT molecular complexity index is 1690. The van der Waals surface area contributed by atoms with Gasteiger partial charge in [-0.25, -0.2) is 9.18 Å². The molecule has 2 amide bonds. The Morgan fingerprint density at radius 3 is 2.46 bits per heavy atom. The van der Waals surface area contributed by atoms with Crippen LogP contribution in [0.4, 0.5) is 4.39 Å². The maximum atomic E-state index is 13.8. The maximum absolute atomic E-state index is 13.8. The van der Waals surface area contributed by atoms with E-state index >= 15 is 0 Å². The number of hydrogen-bond donors (Lipinski definition) is 1. The van der Waals surface area contributed by atoms with Crippen molar-refractivity contribution in [3.63, 3.8) is 0 Å². The zero-order valence-electron chi connectivity index (χ0n) is 28.4. The number of benzene rings is 3. The first-order valence-corrected chi connectivity index (χ1v) is 17.7. The molecule has 1 saturated heterocycles. The van der Waals surface area contributed by atoms with Gasteiger partial charge in [0.25, 0.3) is 5.91 Å². The van der Waals surface area contributed by atoms with E-state index in [1.165, 1.54) is 12.1 Å². The number of allylic oxidation sites excluding steroid dienone is 3. The van der Waals surface area contributed by atoms with E-state index in [1.54, 1.807) is 35.2 Å². The lowest BCUT2D eigenvalue weighted by Crippen LogP contribution is -2.48. The molecule has 1 saturated carbocycles. The summed E-state index contributed by atoms with van der Waals surface area (Å²) in [7, 11) is 0. The van der Waals surface area contributed by atoms with Gasteiger partial charge in [-0.1, -0.05) is 61.1 Å². The van der Waals surface area contributed by atoms with Gasteiger partial charge in [0.15, 0.2) is 0 Å². The van der Waals surface area contributed by atoms with Gasteiger partial charge in [0.1, 0.15) is 30.0 Å². The summed E-state index contributed by atoms with van der Waals surface area (Å²) in [5, 5.41) is 2.78. The number of fused-ring (bicyclic) bond motifs is 2. The molecule has 3 aromatic carbocycles. The van der Waals surface area contributed by atoms with Crippen molar-refractivity contribution in [1.82, 2.24) is 10.2 Å². The third-order valence-electron chi connectivity index (χ3n) is 9.67. The number of carbonyl (C=O) groups is 3. The van der Waals surface area contributed by atoms with Gasteiger partial charge in [0, 0.05) is 29.2 Å². The molecule has 0 spiro atoms. The zero-order chi connectivity index (χ0) is 34.8. The first kappa shape index (κ1) is 35.1. The number of carbonyl (C=O) groups excluding carboxylic acids is 3. The molecule has 3 atom stereocenters.